The molecule has 2 rings (SSSR count). The lowest BCUT2D eigenvalue weighted by molar-refractivity contribution is 0.102. The minimum Gasteiger partial charge on any atom is -0.360 e. The quantitative estimate of drug-likeness (QED) is 0.859. The van der Waals surface area contributed by atoms with E-state index in [1.165, 1.54) is 6.07 Å². The number of hydrogen-bond donors (Lipinski definition) is 1. The zero-order valence-electron chi connectivity index (χ0n) is 11.8. The van der Waals surface area contributed by atoms with Gasteiger partial charge in [-0.3, -0.25) is 4.79 Å². The normalized spacial score (nSPS) is 11.4. The van der Waals surface area contributed by atoms with Crippen LogP contribution in [0.25, 0.3) is 0 Å². The molecule has 0 saturated heterocycles. The van der Waals surface area contributed by atoms with E-state index in [1.54, 1.807) is 19.1 Å². The average molecular weight is 294 g/mol. The molecule has 0 atom stereocenters. The first kappa shape index (κ1) is 14.5. The number of halogens is 1. The van der Waals surface area contributed by atoms with Gasteiger partial charge >= 0.3 is 0 Å². The number of rotatable bonds is 2. The molecular weight excluding hydrogens is 278 g/mol. The summed E-state index contributed by atoms with van der Waals surface area (Å²) in [5, 5.41) is 6.66. The molecule has 5 nitrogen and oxygen atoms in total. The number of carbonyl (C=O) groups excluding carboxylic acids is 1. The highest BCUT2D eigenvalue weighted by Gasteiger charge is 2.19. The molecule has 2 aromatic rings. The third-order valence-electron chi connectivity index (χ3n) is 2.69. The van der Waals surface area contributed by atoms with Crippen LogP contribution in [0.15, 0.2) is 22.7 Å². The summed E-state index contributed by atoms with van der Waals surface area (Å²) in [5.41, 5.74) is 1.01. The minimum atomic E-state index is -0.298. The number of nitrogens with one attached hydrogen (secondary N) is 1. The maximum absolute atomic E-state index is 12.2. The largest absolute Gasteiger partial charge is 0.360 e. The van der Waals surface area contributed by atoms with E-state index in [1.807, 2.05) is 20.8 Å². The Labute approximate surface area is 122 Å². The predicted octanol–water partition coefficient (Wildman–Crippen LogP) is 3.58. The summed E-state index contributed by atoms with van der Waals surface area (Å²) in [4.78, 5) is 16.4. The van der Waals surface area contributed by atoms with E-state index in [4.69, 9.17) is 16.1 Å². The van der Waals surface area contributed by atoms with Crippen molar-refractivity contribution in [3.63, 3.8) is 0 Å². The van der Waals surface area contributed by atoms with Crippen LogP contribution < -0.4 is 5.32 Å². The summed E-state index contributed by atoms with van der Waals surface area (Å²) in [6.07, 6.45) is 0. The van der Waals surface area contributed by atoms with Gasteiger partial charge in [0.1, 0.15) is 10.9 Å². The first-order chi connectivity index (χ1) is 9.25. The molecule has 106 valence electrons. The Morgan fingerprint density at radius 3 is 2.55 bits per heavy atom. The Bertz CT molecular complexity index is 644. The van der Waals surface area contributed by atoms with Crippen molar-refractivity contribution < 1.29 is 9.32 Å². The van der Waals surface area contributed by atoms with Crippen molar-refractivity contribution in [2.24, 2.45) is 0 Å². The summed E-state index contributed by atoms with van der Waals surface area (Å²) >= 11 is 5.98. The molecule has 0 radical (unpaired) electrons. The molecular formula is C14H16ClN3O2. The summed E-state index contributed by atoms with van der Waals surface area (Å²) < 4.78 is 4.90. The second kappa shape index (κ2) is 5.25. The SMILES string of the molecule is Cc1cc(NC(=O)c2cc(Cl)nc(C(C)(C)C)c2)no1. The topological polar surface area (TPSA) is 68.0 Å². The van der Waals surface area contributed by atoms with Crippen molar-refractivity contribution in [3.05, 3.63) is 40.4 Å². The van der Waals surface area contributed by atoms with E-state index >= 15 is 0 Å². The molecule has 0 fully saturated rings. The van der Waals surface area contributed by atoms with Crippen LogP contribution in [0.4, 0.5) is 5.82 Å². The Morgan fingerprint density at radius 1 is 1.30 bits per heavy atom. The number of aromatic nitrogens is 2. The molecule has 0 aromatic carbocycles. The molecule has 0 unspecified atom stereocenters. The lowest BCUT2D eigenvalue weighted by atomic mass is 9.91. The van der Waals surface area contributed by atoms with Gasteiger partial charge in [-0.05, 0) is 19.1 Å². The summed E-state index contributed by atoms with van der Waals surface area (Å²) in [5.74, 6) is 0.703. The fourth-order valence-corrected chi connectivity index (χ4v) is 1.83. The van der Waals surface area contributed by atoms with Crippen LogP contribution in [0, 0.1) is 6.92 Å². The molecule has 0 aliphatic rings. The highest BCUT2D eigenvalue weighted by atomic mass is 35.5. The molecule has 0 bridgehead atoms. The van der Waals surface area contributed by atoms with Gasteiger partial charge in [0.05, 0.1) is 0 Å². The van der Waals surface area contributed by atoms with Gasteiger partial charge in [-0.25, -0.2) is 4.98 Å². The fraction of sp³-hybridized carbons (Fsp3) is 0.357. The van der Waals surface area contributed by atoms with Crippen molar-refractivity contribution in [2.45, 2.75) is 33.1 Å². The lowest BCUT2D eigenvalue weighted by Crippen LogP contribution is -2.17. The third kappa shape index (κ3) is 3.36. The molecule has 2 aromatic heterocycles. The molecule has 20 heavy (non-hydrogen) atoms. The van der Waals surface area contributed by atoms with Crippen LogP contribution in [0.1, 0.15) is 42.6 Å². The van der Waals surface area contributed by atoms with Gasteiger partial charge in [0.15, 0.2) is 5.82 Å². The Hall–Kier alpha value is -1.88. The number of pyridine rings is 1. The van der Waals surface area contributed by atoms with E-state index in [9.17, 15) is 4.79 Å². The maximum Gasteiger partial charge on any atom is 0.257 e. The van der Waals surface area contributed by atoms with Gasteiger partial charge in [0.25, 0.3) is 5.91 Å². The molecule has 1 amide bonds. The predicted molar refractivity (Wildman–Crippen MR) is 77.1 cm³/mol. The number of aryl methyl sites for hydroxylation is 1. The molecule has 0 saturated carbocycles. The number of anilines is 1. The number of carbonyl (C=O) groups is 1. The summed E-state index contributed by atoms with van der Waals surface area (Å²) in [6, 6.07) is 4.90. The van der Waals surface area contributed by atoms with Crippen LogP contribution in [-0.2, 0) is 5.41 Å². The van der Waals surface area contributed by atoms with Gasteiger partial charge in [0, 0.05) is 22.7 Å². The summed E-state index contributed by atoms with van der Waals surface area (Å²) in [6.45, 7) is 7.78. The van der Waals surface area contributed by atoms with E-state index in [0.29, 0.717) is 22.3 Å². The number of nitrogens with zero attached hydrogens (tertiary/aromatic N) is 2. The van der Waals surface area contributed by atoms with Crippen molar-refractivity contribution in [3.8, 4) is 0 Å². The molecule has 1 N–H and O–H groups in total. The van der Waals surface area contributed by atoms with E-state index in [2.05, 4.69) is 15.5 Å². The van der Waals surface area contributed by atoms with Gasteiger partial charge in [-0.1, -0.05) is 37.5 Å². The summed E-state index contributed by atoms with van der Waals surface area (Å²) in [7, 11) is 0. The van der Waals surface area contributed by atoms with Crippen LogP contribution in [0.5, 0.6) is 0 Å². The minimum absolute atomic E-state index is 0.190. The molecule has 6 heteroatoms. The van der Waals surface area contributed by atoms with Crippen LogP contribution >= 0.6 is 11.6 Å². The van der Waals surface area contributed by atoms with Crippen molar-refractivity contribution in [1.29, 1.82) is 0 Å². The zero-order valence-corrected chi connectivity index (χ0v) is 12.6. The van der Waals surface area contributed by atoms with Crippen molar-refractivity contribution >= 4 is 23.3 Å². The standard InChI is InChI=1S/C14H16ClN3O2/c1-8-5-12(18-20-8)17-13(19)9-6-10(14(2,3)4)16-11(15)7-9/h5-7H,1-4H3,(H,17,18,19). The Kier molecular flexibility index (Phi) is 3.81. The molecule has 0 spiro atoms. The van der Waals surface area contributed by atoms with Gasteiger partial charge in [-0.15, -0.1) is 0 Å². The molecule has 0 aliphatic carbocycles. The average Bonchev–Trinajstić information content (AvgIpc) is 2.72. The number of amides is 1. The van der Waals surface area contributed by atoms with E-state index < -0.39 is 0 Å². The Morgan fingerprint density at radius 2 is 2.00 bits per heavy atom. The Balaban J connectivity index is 2.28. The van der Waals surface area contributed by atoms with Crippen molar-refractivity contribution in [2.75, 3.05) is 5.32 Å². The molecule has 0 aliphatic heterocycles. The second-order valence-corrected chi connectivity index (χ2v) is 5.98. The smallest absolute Gasteiger partial charge is 0.257 e. The van der Waals surface area contributed by atoms with Gasteiger partial charge in [0.2, 0.25) is 0 Å². The highest BCUT2D eigenvalue weighted by Crippen LogP contribution is 2.23. The first-order valence-electron chi connectivity index (χ1n) is 6.18. The lowest BCUT2D eigenvalue weighted by Gasteiger charge is -2.18. The second-order valence-electron chi connectivity index (χ2n) is 5.59. The number of hydrogen-bond acceptors (Lipinski definition) is 4. The highest BCUT2D eigenvalue weighted by molar-refractivity contribution is 6.29. The monoisotopic (exact) mass is 293 g/mol. The van der Waals surface area contributed by atoms with Crippen molar-refractivity contribution in [1.82, 2.24) is 10.1 Å². The van der Waals surface area contributed by atoms with Gasteiger partial charge < -0.3 is 9.84 Å². The first-order valence-corrected chi connectivity index (χ1v) is 6.56. The van der Waals surface area contributed by atoms with Crippen LogP contribution in [0.2, 0.25) is 5.15 Å². The van der Waals surface area contributed by atoms with E-state index in [0.717, 1.165) is 5.69 Å². The third-order valence-corrected chi connectivity index (χ3v) is 2.89. The maximum atomic E-state index is 12.2. The zero-order chi connectivity index (χ0) is 14.9. The van der Waals surface area contributed by atoms with Crippen LogP contribution in [-0.4, -0.2) is 16.0 Å². The molecule has 2 heterocycles. The fourth-order valence-electron chi connectivity index (χ4n) is 1.63. The van der Waals surface area contributed by atoms with Gasteiger partial charge in [-0.2, -0.15) is 0 Å². The van der Waals surface area contributed by atoms with E-state index in [-0.39, 0.29) is 11.3 Å². The van der Waals surface area contributed by atoms with Crippen LogP contribution in [0.3, 0.4) is 0 Å².